The molecule has 1 fully saturated rings. The fraction of sp³-hybridized carbons (Fsp3) is 0.462. The second-order valence-electron chi connectivity index (χ2n) is 4.82. The summed E-state index contributed by atoms with van der Waals surface area (Å²) in [7, 11) is 1.85. The van der Waals surface area contributed by atoms with Crippen LogP contribution in [0.15, 0.2) is 24.3 Å². The first-order valence-electron chi connectivity index (χ1n) is 6.47. The maximum atomic E-state index is 4.04. The third-order valence-corrected chi connectivity index (χ3v) is 4.59. The lowest BCUT2D eigenvalue weighted by Crippen LogP contribution is -2.13. The quantitative estimate of drug-likeness (QED) is 0.925. The number of aryl methyl sites for hydroxylation is 1. The van der Waals surface area contributed by atoms with E-state index in [0.29, 0.717) is 0 Å². The first-order valence-corrected chi connectivity index (χ1v) is 7.63. The average molecular weight is 275 g/mol. The number of tetrazole rings is 1. The molecule has 0 spiro atoms. The Morgan fingerprint density at radius 1 is 1.47 bits per heavy atom. The van der Waals surface area contributed by atoms with Crippen molar-refractivity contribution in [3.8, 4) is 11.4 Å². The molecule has 3 rings (SSSR count). The topological polar surface area (TPSA) is 55.6 Å². The molecule has 1 atom stereocenters. The van der Waals surface area contributed by atoms with Crippen LogP contribution in [0, 0.1) is 5.92 Å². The molecular formula is C13H17N5S. The van der Waals surface area contributed by atoms with Gasteiger partial charge in [0.25, 0.3) is 0 Å². The molecule has 0 radical (unpaired) electrons. The van der Waals surface area contributed by atoms with Crippen molar-refractivity contribution >= 4 is 17.4 Å². The van der Waals surface area contributed by atoms with E-state index in [-0.39, 0.29) is 0 Å². The van der Waals surface area contributed by atoms with Gasteiger partial charge in [-0.3, -0.25) is 0 Å². The maximum Gasteiger partial charge on any atom is 0.181 e. The van der Waals surface area contributed by atoms with E-state index in [4.69, 9.17) is 0 Å². The predicted octanol–water partition coefficient (Wildman–Crippen LogP) is 2.04. The number of hydrogen-bond donors (Lipinski definition) is 1. The maximum absolute atomic E-state index is 4.04. The summed E-state index contributed by atoms with van der Waals surface area (Å²) in [4.78, 5) is 0. The number of hydrogen-bond acceptors (Lipinski definition) is 5. The summed E-state index contributed by atoms with van der Waals surface area (Å²) in [6, 6.07) is 8.27. The van der Waals surface area contributed by atoms with Gasteiger partial charge in [0.05, 0.1) is 0 Å². The second-order valence-corrected chi connectivity index (χ2v) is 5.97. The zero-order valence-corrected chi connectivity index (χ0v) is 11.7. The first-order chi connectivity index (χ1) is 9.33. The van der Waals surface area contributed by atoms with Crippen LogP contribution < -0.4 is 5.32 Å². The highest BCUT2D eigenvalue weighted by atomic mass is 32.2. The van der Waals surface area contributed by atoms with Gasteiger partial charge in [-0.1, -0.05) is 12.1 Å². The third-order valence-electron chi connectivity index (χ3n) is 3.36. The largest absolute Gasteiger partial charge is 0.385 e. The summed E-state index contributed by atoms with van der Waals surface area (Å²) in [6.07, 6.45) is 1.32. The van der Waals surface area contributed by atoms with Gasteiger partial charge in [0.15, 0.2) is 5.82 Å². The van der Waals surface area contributed by atoms with Gasteiger partial charge in [-0.25, -0.2) is 4.68 Å². The summed E-state index contributed by atoms with van der Waals surface area (Å²) in [5.74, 6) is 4.17. The monoisotopic (exact) mass is 275 g/mol. The molecule has 19 heavy (non-hydrogen) atoms. The van der Waals surface area contributed by atoms with Gasteiger partial charge in [0.2, 0.25) is 0 Å². The second kappa shape index (κ2) is 5.61. The molecule has 0 amide bonds. The van der Waals surface area contributed by atoms with Crippen LogP contribution in [0.25, 0.3) is 11.4 Å². The van der Waals surface area contributed by atoms with E-state index in [9.17, 15) is 0 Å². The molecule has 1 saturated heterocycles. The molecule has 1 unspecified atom stereocenters. The van der Waals surface area contributed by atoms with Crippen molar-refractivity contribution in [1.29, 1.82) is 0 Å². The highest BCUT2D eigenvalue weighted by Gasteiger charge is 2.15. The summed E-state index contributed by atoms with van der Waals surface area (Å²) < 4.78 is 1.69. The van der Waals surface area contributed by atoms with Gasteiger partial charge >= 0.3 is 0 Å². The lowest BCUT2D eigenvalue weighted by Gasteiger charge is -2.12. The van der Waals surface area contributed by atoms with Crippen molar-refractivity contribution in [3.63, 3.8) is 0 Å². The summed E-state index contributed by atoms with van der Waals surface area (Å²) in [6.45, 7) is 1.05. The predicted molar refractivity (Wildman–Crippen MR) is 78.2 cm³/mol. The fourth-order valence-corrected chi connectivity index (χ4v) is 3.53. The van der Waals surface area contributed by atoms with E-state index < -0.39 is 0 Å². The molecule has 2 heterocycles. The van der Waals surface area contributed by atoms with Crippen LogP contribution in [0.2, 0.25) is 0 Å². The molecule has 0 aliphatic carbocycles. The molecule has 0 bridgehead atoms. The van der Waals surface area contributed by atoms with Gasteiger partial charge in [0.1, 0.15) is 0 Å². The fourth-order valence-electron chi connectivity index (χ4n) is 2.25. The highest BCUT2D eigenvalue weighted by Crippen LogP contribution is 2.24. The average Bonchev–Trinajstić information content (AvgIpc) is 3.08. The van der Waals surface area contributed by atoms with E-state index in [2.05, 4.69) is 44.7 Å². The number of nitrogens with one attached hydrogen (secondary N) is 1. The molecule has 2 aromatic rings. The SMILES string of the molecule is Cn1nnnc1-c1cccc(NCC2CCSC2)c1. The zero-order chi connectivity index (χ0) is 13.1. The van der Waals surface area contributed by atoms with E-state index >= 15 is 0 Å². The number of aromatic nitrogens is 4. The van der Waals surface area contributed by atoms with Crippen molar-refractivity contribution in [2.45, 2.75) is 6.42 Å². The van der Waals surface area contributed by atoms with Crippen molar-refractivity contribution in [3.05, 3.63) is 24.3 Å². The molecular weight excluding hydrogens is 258 g/mol. The van der Waals surface area contributed by atoms with E-state index in [1.807, 2.05) is 19.2 Å². The van der Waals surface area contributed by atoms with E-state index in [1.54, 1.807) is 4.68 Å². The van der Waals surface area contributed by atoms with Gasteiger partial charge < -0.3 is 5.32 Å². The number of anilines is 1. The Labute approximate surface area is 116 Å². The van der Waals surface area contributed by atoms with Crippen LogP contribution in [-0.2, 0) is 7.05 Å². The minimum atomic E-state index is 0.792. The van der Waals surface area contributed by atoms with Crippen LogP contribution in [-0.4, -0.2) is 38.3 Å². The van der Waals surface area contributed by atoms with Gasteiger partial charge in [0, 0.05) is 24.8 Å². The van der Waals surface area contributed by atoms with Crippen LogP contribution in [0.1, 0.15) is 6.42 Å². The molecule has 1 aromatic heterocycles. The first kappa shape index (κ1) is 12.5. The zero-order valence-electron chi connectivity index (χ0n) is 10.9. The lowest BCUT2D eigenvalue weighted by atomic mass is 10.1. The van der Waals surface area contributed by atoms with Crippen LogP contribution in [0.4, 0.5) is 5.69 Å². The van der Waals surface area contributed by atoms with Crippen molar-refractivity contribution in [2.24, 2.45) is 13.0 Å². The van der Waals surface area contributed by atoms with Gasteiger partial charge in [-0.05, 0) is 46.4 Å². The van der Waals surface area contributed by atoms with Crippen LogP contribution in [0.5, 0.6) is 0 Å². The Balaban J connectivity index is 1.71. The number of benzene rings is 1. The Hall–Kier alpha value is -1.56. The smallest absolute Gasteiger partial charge is 0.181 e. The van der Waals surface area contributed by atoms with Gasteiger partial charge in [-0.2, -0.15) is 11.8 Å². The number of thioether (sulfide) groups is 1. The molecule has 0 saturated carbocycles. The Morgan fingerprint density at radius 3 is 3.16 bits per heavy atom. The Morgan fingerprint density at radius 2 is 2.42 bits per heavy atom. The minimum Gasteiger partial charge on any atom is -0.385 e. The van der Waals surface area contributed by atoms with Crippen LogP contribution in [0.3, 0.4) is 0 Å². The van der Waals surface area contributed by atoms with Gasteiger partial charge in [-0.15, -0.1) is 5.10 Å². The van der Waals surface area contributed by atoms with Crippen LogP contribution >= 0.6 is 11.8 Å². The third kappa shape index (κ3) is 2.89. The molecule has 100 valence electrons. The number of rotatable bonds is 4. The van der Waals surface area contributed by atoms with E-state index in [0.717, 1.165) is 29.5 Å². The lowest BCUT2D eigenvalue weighted by molar-refractivity contribution is 0.632. The molecule has 1 aromatic carbocycles. The summed E-state index contributed by atoms with van der Waals surface area (Å²) in [5, 5.41) is 15.1. The van der Waals surface area contributed by atoms with Crippen molar-refractivity contribution in [1.82, 2.24) is 20.2 Å². The Kier molecular flexibility index (Phi) is 3.68. The van der Waals surface area contributed by atoms with Crippen molar-refractivity contribution in [2.75, 3.05) is 23.4 Å². The highest BCUT2D eigenvalue weighted by molar-refractivity contribution is 7.99. The molecule has 1 aliphatic rings. The van der Waals surface area contributed by atoms with Crippen molar-refractivity contribution < 1.29 is 0 Å². The normalized spacial score (nSPS) is 18.7. The minimum absolute atomic E-state index is 0.792. The Bertz CT molecular complexity index is 547. The molecule has 1 N–H and O–H groups in total. The number of nitrogens with zero attached hydrogens (tertiary/aromatic N) is 4. The van der Waals surface area contributed by atoms with E-state index in [1.165, 1.54) is 17.9 Å². The standard InChI is InChI=1S/C13H17N5S/c1-18-13(15-16-17-18)11-3-2-4-12(7-11)14-8-10-5-6-19-9-10/h2-4,7,10,14H,5-6,8-9H2,1H3. The molecule has 6 heteroatoms. The summed E-state index contributed by atoms with van der Waals surface area (Å²) >= 11 is 2.05. The molecule has 5 nitrogen and oxygen atoms in total. The summed E-state index contributed by atoms with van der Waals surface area (Å²) in [5.41, 5.74) is 2.18. The molecule has 1 aliphatic heterocycles.